The van der Waals surface area contributed by atoms with Crippen molar-refractivity contribution in [2.45, 2.75) is 6.92 Å². The van der Waals surface area contributed by atoms with E-state index in [1.165, 1.54) is 18.2 Å². The van der Waals surface area contributed by atoms with E-state index in [0.29, 0.717) is 5.69 Å². The second-order valence-electron chi connectivity index (χ2n) is 4.29. The number of benzene rings is 2. The average molecular weight is 272 g/mol. The Hall–Kier alpha value is -2.69. The lowest BCUT2D eigenvalue weighted by Gasteiger charge is -2.07. The molecule has 0 spiro atoms. The molecular formula is C15H13FN2O2. The van der Waals surface area contributed by atoms with Crippen LogP contribution in [0.2, 0.25) is 0 Å². The number of aryl methyl sites for hydroxylation is 1. The highest BCUT2D eigenvalue weighted by molar-refractivity contribution is 6.43. The molecule has 2 amide bonds. The summed E-state index contributed by atoms with van der Waals surface area (Å²) in [6.45, 7) is 1.88. The maximum atomic E-state index is 13.0. The Morgan fingerprint density at radius 1 is 0.900 bits per heavy atom. The van der Waals surface area contributed by atoms with E-state index in [0.717, 1.165) is 11.6 Å². The fourth-order valence-corrected chi connectivity index (χ4v) is 1.66. The van der Waals surface area contributed by atoms with Crippen molar-refractivity contribution in [1.82, 2.24) is 0 Å². The van der Waals surface area contributed by atoms with Gasteiger partial charge in [-0.25, -0.2) is 4.39 Å². The van der Waals surface area contributed by atoms with E-state index in [9.17, 15) is 14.0 Å². The zero-order valence-corrected chi connectivity index (χ0v) is 10.8. The summed E-state index contributed by atoms with van der Waals surface area (Å²) in [6.07, 6.45) is 0. The molecule has 0 saturated heterocycles. The van der Waals surface area contributed by atoms with Crippen LogP contribution in [0.4, 0.5) is 15.8 Å². The first kappa shape index (κ1) is 13.7. The third-order valence-corrected chi connectivity index (χ3v) is 2.56. The molecular weight excluding hydrogens is 259 g/mol. The summed E-state index contributed by atoms with van der Waals surface area (Å²) < 4.78 is 13.0. The van der Waals surface area contributed by atoms with E-state index in [2.05, 4.69) is 10.6 Å². The van der Waals surface area contributed by atoms with Crippen LogP contribution >= 0.6 is 0 Å². The van der Waals surface area contributed by atoms with E-state index < -0.39 is 17.6 Å². The van der Waals surface area contributed by atoms with Gasteiger partial charge in [-0.2, -0.15) is 0 Å². The molecule has 0 unspecified atom stereocenters. The Morgan fingerprint density at radius 2 is 1.45 bits per heavy atom. The van der Waals surface area contributed by atoms with Gasteiger partial charge in [0, 0.05) is 11.4 Å². The zero-order valence-electron chi connectivity index (χ0n) is 10.8. The van der Waals surface area contributed by atoms with Gasteiger partial charge in [-0.15, -0.1) is 0 Å². The molecule has 0 bridgehead atoms. The predicted molar refractivity (Wildman–Crippen MR) is 74.8 cm³/mol. The molecule has 0 atom stereocenters. The molecule has 2 aromatic rings. The summed E-state index contributed by atoms with van der Waals surface area (Å²) in [5.74, 6) is -2.14. The number of carbonyl (C=O) groups excluding carboxylic acids is 2. The van der Waals surface area contributed by atoms with Crippen LogP contribution in [0.5, 0.6) is 0 Å². The minimum Gasteiger partial charge on any atom is -0.318 e. The molecule has 0 aliphatic carbocycles. The second-order valence-corrected chi connectivity index (χ2v) is 4.29. The lowest BCUT2D eigenvalue weighted by molar-refractivity contribution is -0.133. The molecule has 0 aliphatic heterocycles. The summed E-state index contributed by atoms with van der Waals surface area (Å²) in [5.41, 5.74) is 1.73. The van der Waals surface area contributed by atoms with Crippen molar-refractivity contribution in [1.29, 1.82) is 0 Å². The summed E-state index contributed by atoms with van der Waals surface area (Å²) in [6, 6.07) is 12.4. The molecule has 2 N–H and O–H groups in total. The van der Waals surface area contributed by atoms with Crippen LogP contribution < -0.4 is 10.6 Å². The van der Waals surface area contributed by atoms with Crippen molar-refractivity contribution in [3.63, 3.8) is 0 Å². The van der Waals surface area contributed by atoms with E-state index in [1.54, 1.807) is 18.2 Å². The summed E-state index contributed by atoms with van der Waals surface area (Å²) >= 11 is 0. The second kappa shape index (κ2) is 5.97. The SMILES string of the molecule is Cc1cccc(NC(=O)C(=O)Nc2cccc(F)c2)c1. The lowest BCUT2D eigenvalue weighted by atomic mass is 10.2. The molecule has 0 heterocycles. The zero-order chi connectivity index (χ0) is 14.5. The van der Waals surface area contributed by atoms with Crippen molar-refractivity contribution in [3.05, 3.63) is 59.9 Å². The Labute approximate surface area is 115 Å². The number of rotatable bonds is 2. The van der Waals surface area contributed by atoms with Crippen molar-refractivity contribution >= 4 is 23.2 Å². The van der Waals surface area contributed by atoms with Crippen molar-refractivity contribution in [2.24, 2.45) is 0 Å². The number of amides is 2. The molecule has 102 valence electrons. The Balaban J connectivity index is 2.01. The first-order chi connectivity index (χ1) is 9.54. The standard InChI is InChI=1S/C15H13FN2O2/c1-10-4-2-6-12(8-10)17-14(19)15(20)18-13-7-3-5-11(16)9-13/h2-9H,1H3,(H,17,19)(H,18,20). The quantitative estimate of drug-likeness (QED) is 0.826. The molecule has 0 radical (unpaired) electrons. The van der Waals surface area contributed by atoms with Gasteiger partial charge in [-0.05, 0) is 42.8 Å². The van der Waals surface area contributed by atoms with Crippen molar-refractivity contribution in [2.75, 3.05) is 10.6 Å². The molecule has 0 aromatic heterocycles. The Kier molecular flexibility index (Phi) is 4.10. The maximum Gasteiger partial charge on any atom is 0.314 e. The minimum absolute atomic E-state index is 0.231. The Morgan fingerprint density at radius 3 is 2.00 bits per heavy atom. The highest BCUT2D eigenvalue weighted by Crippen LogP contribution is 2.11. The average Bonchev–Trinajstić information content (AvgIpc) is 2.38. The molecule has 20 heavy (non-hydrogen) atoms. The van der Waals surface area contributed by atoms with Gasteiger partial charge in [-0.1, -0.05) is 18.2 Å². The van der Waals surface area contributed by atoms with Crippen LogP contribution in [-0.2, 0) is 9.59 Å². The van der Waals surface area contributed by atoms with E-state index in [1.807, 2.05) is 13.0 Å². The first-order valence-electron chi connectivity index (χ1n) is 5.99. The van der Waals surface area contributed by atoms with Gasteiger partial charge < -0.3 is 10.6 Å². The molecule has 5 heteroatoms. The highest BCUT2D eigenvalue weighted by Gasteiger charge is 2.14. The summed E-state index contributed by atoms with van der Waals surface area (Å²) in [4.78, 5) is 23.4. The molecule has 0 aliphatic rings. The number of nitrogens with one attached hydrogen (secondary N) is 2. The lowest BCUT2D eigenvalue weighted by Crippen LogP contribution is -2.29. The van der Waals surface area contributed by atoms with Crippen LogP contribution in [-0.4, -0.2) is 11.8 Å². The van der Waals surface area contributed by atoms with Gasteiger partial charge in [0.05, 0.1) is 0 Å². The number of hydrogen-bond acceptors (Lipinski definition) is 2. The number of anilines is 2. The summed E-state index contributed by atoms with van der Waals surface area (Å²) in [5, 5.41) is 4.80. The van der Waals surface area contributed by atoms with E-state index in [-0.39, 0.29) is 5.69 Å². The van der Waals surface area contributed by atoms with E-state index >= 15 is 0 Å². The maximum absolute atomic E-state index is 13.0. The molecule has 0 fully saturated rings. The van der Waals surface area contributed by atoms with Gasteiger partial charge in [0.25, 0.3) is 0 Å². The monoisotopic (exact) mass is 272 g/mol. The molecule has 2 aromatic carbocycles. The van der Waals surface area contributed by atoms with Crippen LogP contribution in [0.1, 0.15) is 5.56 Å². The fourth-order valence-electron chi connectivity index (χ4n) is 1.66. The third kappa shape index (κ3) is 3.65. The molecule has 4 nitrogen and oxygen atoms in total. The number of halogens is 1. The van der Waals surface area contributed by atoms with Crippen molar-refractivity contribution < 1.29 is 14.0 Å². The predicted octanol–water partition coefficient (Wildman–Crippen LogP) is 2.71. The minimum atomic E-state index is -0.850. The van der Waals surface area contributed by atoms with Gasteiger partial charge in [0.2, 0.25) is 0 Å². The fraction of sp³-hybridized carbons (Fsp3) is 0.0667. The number of hydrogen-bond donors (Lipinski definition) is 2. The van der Waals surface area contributed by atoms with E-state index in [4.69, 9.17) is 0 Å². The first-order valence-corrected chi connectivity index (χ1v) is 5.99. The van der Waals surface area contributed by atoms with Crippen LogP contribution in [0.25, 0.3) is 0 Å². The normalized spacial score (nSPS) is 9.90. The smallest absolute Gasteiger partial charge is 0.314 e. The topological polar surface area (TPSA) is 58.2 Å². The number of carbonyl (C=O) groups is 2. The van der Waals surface area contributed by atoms with Crippen LogP contribution in [0.3, 0.4) is 0 Å². The van der Waals surface area contributed by atoms with Gasteiger partial charge >= 0.3 is 11.8 Å². The molecule has 2 rings (SSSR count). The Bertz CT molecular complexity index is 598. The highest BCUT2D eigenvalue weighted by atomic mass is 19.1. The van der Waals surface area contributed by atoms with Crippen LogP contribution in [0, 0.1) is 12.7 Å². The van der Waals surface area contributed by atoms with Gasteiger partial charge in [0.15, 0.2) is 0 Å². The summed E-state index contributed by atoms with van der Waals surface area (Å²) in [7, 11) is 0. The van der Waals surface area contributed by atoms with Crippen LogP contribution in [0.15, 0.2) is 48.5 Å². The molecule has 0 saturated carbocycles. The van der Waals surface area contributed by atoms with Crippen molar-refractivity contribution in [3.8, 4) is 0 Å². The largest absolute Gasteiger partial charge is 0.318 e. The van der Waals surface area contributed by atoms with Gasteiger partial charge in [-0.3, -0.25) is 9.59 Å². The van der Waals surface area contributed by atoms with Gasteiger partial charge in [0.1, 0.15) is 5.82 Å². The third-order valence-electron chi connectivity index (χ3n) is 2.56.